The van der Waals surface area contributed by atoms with Gasteiger partial charge in [0.2, 0.25) is 15.8 Å². The summed E-state index contributed by atoms with van der Waals surface area (Å²) in [4.78, 5) is 14.0. The predicted molar refractivity (Wildman–Crippen MR) is 79.0 cm³/mol. The Morgan fingerprint density at radius 2 is 2.09 bits per heavy atom. The first-order valence-corrected chi connectivity index (χ1v) is 8.61. The molecule has 0 bridgehead atoms. The number of hydrogen-bond donors (Lipinski definition) is 0. The molecule has 3 heterocycles. The molecule has 0 spiro atoms. The van der Waals surface area contributed by atoms with Gasteiger partial charge < -0.3 is 9.42 Å². The first kappa shape index (κ1) is 15.7. The molecular weight excluding hydrogens is 322 g/mol. The highest BCUT2D eigenvalue weighted by Gasteiger charge is 2.30. The van der Waals surface area contributed by atoms with E-state index in [4.69, 9.17) is 4.52 Å². The normalized spacial score (nSPS) is 17.2. The molecule has 23 heavy (non-hydrogen) atoms. The fourth-order valence-electron chi connectivity index (χ4n) is 2.50. The van der Waals surface area contributed by atoms with E-state index in [1.807, 2.05) is 0 Å². The summed E-state index contributed by atoms with van der Waals surface area (Å²) in [7, 11) is -1.93. The molecule has 10 heteroatoms. The molecule has 2 aromatic heterocycles. The minimum absolute atomic E-state index is 0.161. The highest BCUT2D eigenvalue weighted by molar-refractivity contribution is 7.89. The van der Waals surface area contributed by atoms with E-state index in [9.17, 15) is 13.2 Å². The summed E-state index contributed by atoms with van der Waals surface area (Å²) in [5.74, 6) is -0.114. The predicted octanol–water partition coefficient (Wildman–Crippen LogP) is -0.0551. The van der Waals surface area contributed by atoms with Gasteiger partial charge in [0.05, 0.1) is 12.4 Å². The Hall–Kier alpha value is -2.20. The number of nitrogens with zero attached hydrogens (tertiary/aromatic N) is 5. The monoisotopic (exact) mass is 339 g/mol. The van der Waals surface area contributed by atoms with Crippen molar-refractivity contribution in [3.05, 3.63) is 30.4 Å². The third-order valence-electron chi connectivity index (χ3n) is 3.71. The summed E-state index contributed by atoms with van der Waals surface area (Å²) < 4.78 is 32.9. The molecule has 3 rings (SSSR count). The average Bonchev–Trinajstić information content (AvgIpc) is 3.13. The maximum Gasteiger partial charge on any atom is 0.292 e. The lowest BCUT2D eigenvalue weighted by atomic mass is 10.3. The van der Waals surface area contributed by atoms with Crippen molar-refractivity contribution in [3.8, 4) is 0 Å². The van der Waals surface area contributed by atoms with Crippen molar-refractivity contribution in [2.45, 2.75) is 11.3 Å². The molecule has 1 aliphatic rings. The minimum Gasteiger partial charge on any atom is -0.351 e. The summed E-state index contributed by atoms with van der Waals surface area (Å²) >= 11 is 0. The topological polar surface area (TPSA) is 102 Å². The zero-order chi connectivity index (χ0) is 16.4. The van der Waals surface area contributed by atoms with Crippen LogP contribution in [0.2, 0.25) is 0 Å². The SMILES string of the molecule is Cn1cc(S(=O)(=O)N2CCCN(C(=O)c3ccno3)CC2)cn1. The molecule has 124 valence electrons. The van der Waals surface area contributed by atoms with Crippen molar-refractivity contribution in [1.82, 2.24) is 24.1 Å². The molecule has 0 radical (unpaired) electrons. The second-order valence-corrected chi connectivity index (χ2v) is 7.21. The maximum absolute atomic E-state index is 12.6. The second-order valence-electron chi connectivity index (χ2n) is 5.28. The summed E-state index contributed by atoms with van der Waals surface area (Å²) in [6.07, 6.45) is 4.76. The van der Waals surface area contributed by atoms with Crippen molar-refractivity contribution in [2.24, 2.45) is 7.05 Å². The zero-order valence-electron chi connectivity index (χ0n) is 12.6. The van der Waals surface area contributed by atoms with Crippen LogP contribution in [0, 0.1) is 0 Å². The third kappa shape index (κ3) is 3.13. The van der Waals surface area contributed by atoms with Crippen LogP contribution < -0.4 is 0 Å². The summed E-state index contributed by atoms with van der Waals surface area (Å²) in [5, 5.41) is 7.42. The van der Waals surface area contributed by atoms with Gasteiger partial charge in [-0.3, -0.25) is 9.48 Å². The van der Waals surface area contributed by atoms with E-state index >= 15 is 0 Å². The third-order valence-corrected chi connectivity index (χ3v) is 5.56. The lowest BCUT2D eigenvalue weighted by Gasteiger charge is -2.20. The van der Waals surface area contributed by atoms with E-state index < -0.39 is 10.0 Å². The van der Waals surface area contributed by atoms with Gasteiger partial charge >= 0.3 is 0 Å². The van der Waals surface area contributed by atoms with Crippen LogP contribution in [0.3, 0.4) is 0 Å². The van der Waals surface area contributed by atoms with E-state index in [2.05, 4.69) is 10.3 Å². The number of aromatic nitrogens is 3. The molecular formula is C13H17N5O4S. The molecule has 0 unspecified atom stereocenters. The smallest absolute Gasteiger partial charge is 0.292 e. The molecule has 0 saturated carbocycles. The lowest BCUT2D eigenvalue weighted by molar-refractivity contribution is 0.0722. The molecule has 1 saturated heterocycles. The molecule has 1 amide bonds. The van der Waals surface area contributed by atoms with Crippen molar-refractivity contribution in [3.63, 3.8) is 0 Å². The van der Waals surface area contributed by atoms with Crippen LogP contribution in [-0.4, -0.2) is 64.6 Å². The average molecular weight is 339 g/mol. The van der Waals surface area contributed by atoms with E-state index in [1.165, 1.54) is 33.6 Å². The van der Waals surface area contributed by atoms with E-state index in [1.54, 1.807) is 11.9 Å². The van der Waals surface area contributed by atoms with E-state index in [0.29, 0.717) is 26.1 Å². The number of hydrogen-bond acceptors (Lipinski definition) is 6. The zero-order valence-corrected chi connectivity index (χ0v) is 13.4. The number of aryl methyl sites for hydroxylation is 1. The second kappa shape index (κ2) is 6.13. The van der Waals surface area contributed by atoms with Crippen molar-refractivity contribution in [1.29, 1.82) is 0 Å². The Kier molecular flexibility index (Phi) is 4.18. The van der Waals surface area contributed by atoms with Crippen LogP contribution in [0.1, 0.15) is 17.0 Å². The van der Waals surface area contributed by atoms with Crippen molar-refractivity contribution in [2.75, 3.05) is 26.2 Å². The van der Waals surface area contributed by atoms with Gasteiger partial charge in [-0.1, -0.05) is 5.16 Å². The molecule has 0 atom stereocenters. The van der Waals surface area contributed by atoms with E-state index in [-0.39, 0.29) is 23.1 Å². The van der Waals surface area contributed by atoms with Gasteiger partial charge in [-0.05, 0) is 6.42 Å². The highest BCUT2D eigenvalue weighted by Crippen LogP contribution is 2.17. The largest absolute Gasteiger partial charge is 0.351 e. The van der Waals surface area contributed by atoms with Gasteiger partial charge in [0, 0.05) is 45.5 Å². The Balaban J connectivity index is 1.72. The molecule has 2 aromatic rings. The first-order valence-electron chi connectivity index (χ1n) is 7.17. The van der Waals surface area contributed by atoms with Crippen LogP contribution in [0.15, 0.2) is 34.1 Å². The maximum atomic E-state index is 12.6. The van der Waals surface area contributed by atoms with Gasteiger partial charge in [-0.2, -0.15) is 9.40 Å². The van der Waals surface area contributed by atoms with Crippen LogP contribution in [0.4, 0.5) is 0 Å². The minimum atomic E-state index is -3.59. The van der Waals surface area contributed by atoms with Crippen LogP contribution >= 0.6 is 0 Å². The van der Waals surface area contributed by atoms with Crippen LogP contribution in [0.5, 0.6) is 0 Å². The molecule has 1 fully saturated rings. The number of sulfonamides is 1. The standard InChI is InChI=1S/C13H17N5O4S/c1-16-10-11(9-14-16)23(20,21)18-6-2-5-17(7-8-18)13(19)12-3-4-15-22-12/h3-4,9-10H,2,5-8H2,1H3. The Morgan fingerprint density at radius 1 is 1.26 bits per heavy atom. The number of rotatable bonds is 3. The van der Waals surface area contributed by atoms with E-state index in [0.717, 1.165) is 0 Å². The molecule has 0 aromatic carbocycles. The molecule has 0 aliphatic carbocycles. The molecule has 1 aliphatic heterocycles. The van der Waals surface area contributed by atoms with Crippen LogP contribution in [-0.2, 0) is 17.1 Å². The number of carbonyl (C=O) groups is 1. The van der Waals surface area contributed by atoms with Gasteiger partial charge in [0.25, 0.3) is 5.91 Å². The Labute approximate surface area is 133 Å². The summed E-state index contributed by atoms with van der Waals surface area (Å²) in [6, 6.07) is 1.50. The van der Waals surface area contributed by atoms with Gasteiger partial charge in [-0.25, -0.2) is 8.42 Å². The van der Waals surface area contributed by atoms with Gasteiger partial charge in [0.15, 0.2) is 0 Å². The first-order chi connectivity index (χ1) is 11.0. The lowest BCUT2D eigenvalue weighted by Crippen LogP contribution is -2.37. The molecule has 9 nitrogen and oxygen atoms in total. The van der Waals surface area contributed by atoms with Gasteiger partial charge in [-0.15, -0.1) is 0 Å². The fraction of sp³-hybridized carbons (Fsp3) is 0.462. The molecule has 0 N–H and O–H groups in total. The quantitative estimate of drug-likeness (QED) is 0.777. The fourth-order valence-corrected chi connectivity index (χ4v) is 3.96. The van der Waals surface area contributed by atoms with Crippen LogP contribution in [0.25, 0.3) is 0 Å². The van der Waals surface area contributed by atoms with Crippen molar-refractivity contribution < 1.29 is 17.7 Å². The van der Waals surface area contributed by atoms with Crippen molar-refractivity contribution >= 4 is 15.9 Å². The Morgan fingerprint density at radius 3 is 2.74 bits per heavy atom. The number of carbonyl (C=O) groups excluding carboxylic acids is 1. The summed E-state index contributed by atoms with van der Waals surface area (Å²) in [6.45, 7) is 1.37. The number of amides is 1. The highest BCUT2D eigenvalue weighted by atomic mass is 32.2. The summed E-state index contributed by atoms with van der Waals surface area (Å²) in [5.41, 5.74) is 0. The van der Waals surface area contributed by atoms with Gasteiger partial charge in [0.1, 0.15) is 4.90 Å². The Bertz CT molecular complexity index is 783.